The molecule has 1 heterocycles. The second kappa shape index (κ2) is 5.50. The average molecular weight is 279 g/mol. The van der Waals surface area contributed by atoms with E-state index in [-0.39, 0.29) is 5.75 Å². The summed E-state index contributed by atoms with van der Waals surface area (Å²) in [5, 5.41) is 3.18. The van der Waals surface area contributed by atoms with Gasteiger partial charge in [-0.2, -0.15) is 4.98 Å². The van der Waals surface area contributed by atoms with Crippen molar-refractivity contribution >= 4 is 33.2 Å². The van der Waals surface area contributed by atoms with Gasteiger partial charge in [0.15, 0.2) is 5.82 Å². The molecule has 0 aliphatic carbocycles. The van der Waals surface area contributed by atoms with E-state index in [1.807, 2.05) is 0 Å². The lowest BCUT2D eigenvalue weighted by Gasteiger charge is -2.19. The molecule has 0 radical (unpaired) electrons. The van der Waals surface area contributed by atoms with Crippen molar-refractivity contribution in [2.75, 3.05) is 42.9 Å². The van der Waals surface area contributed by atoms with E-state index in [4.69, 9.17) is 11.6 Å². The molecule has 0 aromatic carbocycles. The molecule has 0 saturated heterocycles. The fourth-order valence-corrected chi connectivity index (χ4v) is 2.00. The summed E-state index contributed by atoms with van der Waals surface area (Å²) in [4.78, 5) is 9.80. The van der Waals surface area contributed by atoms with E-state index in [0.29, 0.717) is 23.3 Å². The van der Waals surface area contributed by atoms with Gasteiger partial charge in [-0.1, -0.05) is 11.6 Å². The molecule has 1 rings (SSSR count). The largest absolute Gasteiger partial charge is 0.357 e. The van der Waals surface area contributed by atoms with Crippen LogP contribution in [0.15, 0.2) is 6.20 Å². The fraction of sp³-hybridized carbons (Fsp3) is 0.556. The van der Waals surface area contributed by atoms with Gasteiger partial charge in [-0.3, -0.25) is 0 Å². The van der Waals surface area contributed by atoms with E-state index < -0.39 is 9.84 Å². The molecule has 0 bridgehead atoms. The van der Waals surface area contributed by atoms with Gasteiger partial charge in [0.25, 0.3) is 0 Å². The molecule has 0 aliphatic heterocycles. The maximum Gasteiger partial charge on any atom is 0.224 e. The Morgan fingerprint density at radius 1 is 1.53 bits per heavy atom. The Morgan fingerprint density at radius 2 is 2.18 bits per heavy atom. The number of rotatable bonds is 5. The summed E-state index contributed by atoms with van der Waals surface area (Å²) in [6.45, 7) is 0.332. The number of anilines is 2. The summed E-state index contributed by atoms with van der Waals surface area (Å²) in [5.41, 5.74) is 0. The van der Waals surface area contributed by atoms with Crippen molar-refractivity contribution in [1.29, 1.82) is 0 Å². The third kappa shape index (κ3) is 4.35. The van der Waals surface area contributed by atoms with Crippen molar-refractivity contribution in [2.24, 2.45) is 0 Å². The van der Waals surface area contributed by atoms with E-state index in [9.17, 15) is 8.42 Å². The Hall–Kier alpha value is -1.08. The van der Waals surface area contributed by atoms with Crippen LogP contribution in [0.3, 0.4) is 0 Å². The second-order valence-electron chi connectivity index (χ2n) is 3.67. The summed E-state index contributed by atoms with van der Waals surface area (Å²) in [6, 6.07) is 0. The first-order chi connectivity index (χ1) is 7.83. The van der Waals surface area contributed by atoms with Gasteiger partial charge in [0.05, 0.1) is 11.9 Å². The Bertz CT molecular complexity index is 492. The molecule has 0 saturated carbocycles. The molecule has 0 atom stereocenters. The Balaban J connectivity index is 2.84. The van der Waals surface area contributed by atoms with Crippen molar-refractivity contribution in [3.63, 3.8) is 0 Å². The minimum atomic E-state index is -3.00. The van der Waals surface area contributed by atoms with Crippen LogP contribution in [0.1, 0.15) is 0 Å². The van der Waals surface area contributed by atoms with Crippen LogP contribution >= 0.6 is 11.6 Å². The van der Waals surface area contributed by atoms with Crippen molar-refractivity contribution in [1.82, 2.24) is 9.97 Å². The predicted molar refractivity (Wildman–Crippen MR) is 69.6 cm³/mol. The highest BCUT2D eigenvalue weighted by molar-refractivity contribution is 7.90. The third-order valence-electron chi connectivity index (χ3n) is 2.11. The fourth-order valence-electron chi connectivity index (χ4n) is 1.15. The third-order valence-corrected chi connectivity index (χ3v) is 3.30. The van der Waals surface area contributed by atoms with Gasteiger partial charge in [-0.05, 0) is 0 Å². The van der Waals surface area contributed by atoms with Gasteiger partial charge in [-0.25, -0.2) is 13.4 Å². The monoisotopic (exact) mass is 278 g/mol. The van der Waals surface area contributed by atoms with E-state index in [0.717, 1.165) is 0 Å². The highest BCUT2D eigenvalue weighted by Crippen LogP contribution is 2.22. The molecule has 96 valence electrons. The van der Waals surface area contributed by atoms with Crippen molar-refractivity contribution in [3.8, 4) is 0 Å². The number of sulfone groups is 1. The lowest BCUT2D eigenvalue weighted by atomic mass is 10.5. The predicted octanol–water partition coefficient (Wildman–Crippen LogP) is 0.653. The quantitative estimate of drug-likeness (QED) is 0.852. The molecule has 1 N–H and O–H groups in total. The maximum atomic E-state index is 11.1. The van der Waals surface area contributed by atoms with E-state index in [1.54, 1.807) is 19.0 Å². The van der Waals surface area contributed by atoms with Crippen LogP contribution in [0, 0.1) is 0 Å². The van der Waals surface area contributed by atoms with Crippen LogP contribution < -0.4 is 10.2 Å². The molecule has 17 heavy (non-hydrogen) atoms. The number of halogens is 1. The Kier molecular flexibility index (Phi) is 4.53. The van der Waals surface area contributed by atoms with Crippen LogP contribution in [-0.2, 0) is 9.84 Å². The van der Waals surface area contributed by atoms with Crippen LogP contribution in [0.5, 0.6) is 0 Å². The number of aromatic nitrogens is 2. The SMILES string of the molecule is CNc1ncc(Cl)c(N(C)CCS(C)(=O)=O)n1. The van der Waals surface area contributed by atoms with E-state index in [1.165, 1.54) is 12.5 Å². The molecular weight excluding hydrogens is 264 g/mol. The average Bonchev–Trinajstić information content (AvgIpc) is 2.25. The molecule has 8 heteroatoms. The van der Waals surface area contributed by atoms with E-state index in [2.05, 4.69) is 15.3 Å². The van der Waals surface area contributed by atoms with Gasteiger partial charge in [0, 0.05) is 26.9 Å². The zero-order valence-corrected chi connectivity index (χ0v) is 11.5. The molecule has 0 amide bonds. The van der Waals surface area contributed by atoms with Gasteiger partial charge in [-0.15, -0.1) is 0 Å². The lowest BCUT2D eigenvalue weighted by molar-refractivity contribution is 0.601. The Morgan fingerprint density at radius 3 is 2.71 bits per heavy atom. The zero-order valence-electron chi connectivity index (χ0n) is 9.94. The second-order valence-corrected chi connectivity index (χ2v) is 6.33. The van der Waals surface area contributed by atoms with Gasteiger partial charge in [0.1, 0.15) is 14.9 Å². The number of hydrogen-bond acceptors (Lipinski definition) is 6. The number of nitrogens with one attached hydrogen (secondary N) is 1. The van der Waals surface area contributed by atoms with Crippen LogP contribution in [0.4, 0.5) is 11.8 Å². The number of nitrogens with zero attached hydrogens (tertiary/aromatic N) is 3. The summed E-state index contributed by atoms with van der Waals surface area (Å²) >= 11 is 5.95. The minimum absolute atomic E-state index is 0.0543. The molecule has 0 unspecified atom stereocenters. The van der Waals surface area contributed by atoms with Crippen molar-refractivity contribution in [2.45, 2.75) is 0 Å². The molecule has 0 aliphatic rings. The highest BCUT2D eigenvalue weighted by atomic mass is 35.5. The Labute approximate surface area is 106 Å². The summed E-state index contributed by atoms with van der Waals surface area (Å²) in [7, 11) is 0.433. The highest BCUT2D eigenvalue weighted by Gasteiger charge is 2.12. The topological polar surface area (TPSA) is 75.2 Å². The standard InChI is InChI=1S/C9H15ClN4O2S/c1-11-9-12-6-7(10)8(13-9)14(2)4-5-17(3,15)16/h6H,4-5H2,1-3H3,(H,11,12,13). The molecule has 1 aromatic heterocycles. The normalized spacial score (nSPS) is 11.3. The maximum absolute atomic E-state index is 11.1. The first kappa shape index (κ1) is 14.0. The summed E-state index contributed by atoms with van der Waals surface area (Å²) in [6.07, 6.45) is 2.67. The van der Waals surface area contributed by atoms with Crippen LogP contribution in [0.2, 0.25) is 5.02 Å². The van der Waals surface area contributed by atoms with E-state index >= 15 is 0 Å². The van der Waals surface area contributed by atoms with Gasteiger partial charge >= 0.3 is 0 Å². The lowest BCUT2D eigenvalue weighted by Crippen LogP contribution is -2.26. The molecule has 0 spiro atoms. The van der Waals surface area contributed by atoms with Gasteiger partial charge < -0.3 is 10.2 Å². The van der Waals surface area contributed by atoms with Crippen LogP contribution in [-0.4, -0.2) is 51.0 Å². The van der Waals surface area contributed by atoms with Crippen molar-refractivity contribution in [3.05, 3.63) is 11.2 Å². The summed E-state index contributed by atoms with van der Waals surface area (Å²) in [5.74, 6) is 1.00. The molecule has 0 fully saturated rings. The molecule has 1 aromatic rings. The smallest absolute Gasteiger partial charge is 0.224 e. The molecular formula is C9H15ClN4O2S. The van der Waals surface area contributed by atoms with Crippen LogP contribution in [0.25, 0.3) is 0 Å². The van der Waals surface area contributed by atoms with Gasteiger partial charge in [0.2, 0.25) is 5.95 Å². The minimum Gasteiger partial charge on any atom is -0.357 e. The zero-order chi connectivity index (χ0) is 13.1. The first-order valence-electron chi connectivity index (χ1n) is 4.92. The molecule has 6 nitrogen and oxygen atoms in total. The first-order valence-corrected chi connectivity index (χ1v) is 7.36. The van der Waals surface area contributed by atoms with Crippen molar-refractivity contribution < 1.29 is 8.42 Å². The number of hydrogen-bond donors (Lipinski definition) is 1. The summed E-state index contributed by atoms with van der Waals surface area (Å²) < 4.78 is 22.1.